The molecule has 1 heterocycles. The summed E-state index contributed by atoms with van der Waals surface area (Å²) in [4.78, 5) is 5.61. The van der Waals surface area contributed by atoms with Gasteiger partial charge in [-0.05, 0) is 34.5 Å². The van der Waals surface area contributed by atoms with Gasteiger partial charge < -0.3 is 5.32 Å². The predicted molar refractivity (Wildman–Crippen MR) is 73.0 cm³/mol. The lowest BCUT2D eigenvalue weighted by Crippen LogP contribution is -1.97. The molecule has 0 saturated heterocycles. The van der Waals surface area contributed by atoms with Gasteiger partial charge in [-0.15, -0.1) is 11.3 Å². The van der Waals surface area contributed by atoms with Crippen LogP contribution in [0.15, 0.2) is 34.9 Å². The summed E-state index contributed by atoms with van der Waals surface area (Å²) in [5, 5.41) is 4.59. The molecule has 0 amide bonds. The summed E-state index contributed by atoms with van der Waals surface area (Å²) in [6.07, 6.45) is 2.97. The van der Waals surface area contributed by atoms with E-state index in [-0.39, 0.29) is 0 Å². The summed E-state index contributed by atoms with van der Waals surface area (Å²) in [6.45, 7) is 2.96. The van der Waals surface area contributed by atoms with Crippen LogP contribution in [0.4, 0.5) is 5.69 Å². The van der Waals surface area contributed by atoms with Gasteiger partial charge in [0.25, 0.3) is 0 Å². The van der Waals surface area contributed by atoms with E-state index in [1.807, 2.05) is 24.4 Å². The number of anilines is 1. The first-order valence-corrected chi connectivity index (χ1v) is 6.82. The minimum absolute atomic E-state index is 0.834. The van der Waals surface area contributed by atoms with Gasteiger partial charge >= 0.3 is 0 Å². The van der Waals surface area contributed by atoms with Gasteiger partial charge in [0, 0.05) is 21.2 Å². The number of aryl methyl sites for hydroxylation is 1. The average Bonchev–Trinajstić information content (AvgIpc) is 2.76. The fourth-order valence-corrected chi connectivity index (χ4v) is 2.61. The lowest BCUT2D eigenvalue weighted by molar-refractivity contribution is 1.09. The van der Waals surface area contributed by atoms with E-state index in [0.717, 1.165) is 23.1 Å². The van der Waals surface area contributed by atoms with Crippen molar-refractivity contribution in [2.45, 2.75) is 19.9 Å². The third-order valence-electron chi connectivity index (χ3n) is 2.23. The number of hydrogen-bond acceptors (Lipinski definition) is 3. The predicted octanol–water partition coefficient (Wildman–Crippen LogP) is 4.08. The summed E-state index contributed by atoms with van der Waals surface area (Å²) in [6, 6.07) is 8.13. The maximum absolute atomic E-state index is 4.34. The van der Waals surface area contributed by atoms with Crippen molar-refractivity contribution in [1.82, 2.24) is 4.98 Å². The largest absolute Gasteiger partial charge is 0.379 e. The topological polar surface area (TPSA) is 24.9 Å². The van der Waals surface area contributed by atoms with Gasteiger partial charge in [-0.25, -0.2) is 4.98 Å². The molecule has 1 aromatic heterocycles. The van der Waals surface area contributed by atoms with Gasteiger partial charge in [0.2, 0.25) is 0 Å². The Bertz CT molecular complexity index is 468. The average molecular weight is 297 g/mol. The summed E-state index contributed by atoms with van der Waals surface area (Å²) in [5.74, 6) is 0. The van der Waals surface area contributed by atoms with E-state index in [1.165, 1.54) is 9.88 Å². The van der Waals surface area contributed by atoms with E-state index in [4.69, 9.17) is 0 Å². The second-order valence-electron chi connectivity index (χ2n) is 3.41. The molecule has 16 heavy (non-hydrogen) atoms. The van der Waals surface area contributed by atoms with E-state index in [2.05, 4.69) is 39.2 Å². The Kier molecular flexibility index (Phi) is 3.96. The third-order valence-corrected chi connectivity index (χ3v) is 4.06. The van der Waals surface area contributed by atoms with E-state index in [9.17, 15) is 0 Å². The Hall–Kier alpha value is -0.870. The third kappa shape index (κ3) is 2.83. The number of hydrogen-bond donors (Lipinski definition) is 1. The van der Waals surface area contributed by atoms with E-state index in [1.54, 1.807) is 11.3 Å². The van der Waals surface area contributed by atoms with Gasteiger partial charge in [0.15, 0.2) is 0 Å². The summed E-state index contributed by atoms with van der Waals surface area (Å²) < 4.78 is 1.09. The summed E-state index contributed by atoms with van der Waals surface area (Å²) >= 11 is 5.28. The molecule has 2 nitrogen and oxygen atoms in total. The molecule has 0 radical (unpaired) electrons. The highest BCUT2D eigenvalue weighted by atomic mass is 79.9. The first-order chi connectivity index (χ1) is 7.79. The van der Waals surface area contributed by atoms with Crippen LogP contribution in [0.1, 0.15) is 16.8 Å². The van der Waals surface area contributed by atoms with Crippen LogP contribution < -0.4 is 5.32 Å². The molecule has 0 aliphatic heterocycles. The lowest BCUT2D eigenvalue weighted by Gasteiger charge is -2.06. The zero-order valence-corrected chi connectivity index (χ0v) is 11.4. The molecule has 0 aliphatic rings. The Morgan fingerprint density at radius 3 is 2.88 bits per heavy atom. The van der Waals surface area contributed by atoms with E-state index >= 15 is 0 Å². The lowest BCUT2D eigenvalue weighted by atomic mass is 10.3. The minimum atomic E-state index is 0.834. The highest BCUT2D eigenvalue weighted by Gasteiger charge is 2.01. The van der Waals surface area contributed by atoms with Crippen molar-refractivity contribution in [3.8, 4) is 0 Å². The molecule has 0 aliphatic carbocycles. The van der Waals surface area contributed by atoms with Crippen LogP contribution in [0.3, 0.4) is 0 Å². The molecule has 0 spiro atoms. The number of benzene rings is 1. The Balaban J connectivity index is 1.99. The van der Waals surface area contributed by atoms with Crippen LogP contribution in [0, 0.1) is 0 Å². The smallest absolute Gasteiger partial charge is 0.0925 e. The zero-order chi connectivity index (χ0) is 11.4. The molecular weight excluding hydrogens is 284 g/mol. The quantitative estimate of drug-likeness (QED) is 0.919. The van der Waals surface area contributed by atoms with Gasteiger partial charge in [0.1, 0.15) is 0 Å². The number of rotatable bonds is 4. The second-order valence-corrected chi connectivity index (χ2v) is 5.46. The fraction of sp³-hybridized carbons (Fsp3) is 0.250. The highest BCUT2D eigenvalue weighted by Crippen LogP contribution is 2.22. The molecule has 0 atom stereocenters. The van der Waals surface area contributed by atoms with Crippen molar-refractivity contribution < 1.29 is 0 Å². The monoisotopic (exact) mass is 296 g/mol. The zero-order valence-electron chi connectivity index (χ0n) is 9.03. The van der Waals surface area contributed by atoms with Crippen LogP contribution >= 0.6 is 27.3 Å². The maximum Gasteiger partial charge on any atom is 0.0925 e. The van der Waals surface area contributed by atoms with E-state index < -0.39 is 0 Å². The second kappa shape index (κ2) is 5.46. The first-order valence-electron chi connectivity index (χ1n) is 5.21. The number of halogens is 1. The summed E-state index contributed by atoms with van der Waals surface area (Å²) in [7, 11) is 0. The van der Waals surface area contributed by atoms with Gasteiger partial charge in [-0.2, -0.15) is 0 Å². The SMILES string of the molecule is CCc1ncc(CNc2ccccc2Br)s1. The van der Waals surface area contributed by atoms with Gasteiger partial charge in [-0.1, -0.05) is 19.1 Å². The Morgan fingerprint density at radius 1 is 1.38 bits per heavy atom. The number of thiazole rings is 1. The standard InChI is InChI=1S/C12H13BrN2S/c1-2-12-15-8-9(16-12)7-14-11-6-4-3-5-10(11)13/h3-6,8,14H,2,7H2,1H3. The highest BCUT2D eigenvalue weighted by molar-refractivity contribution is 9.10. The normalized spacial score (nSPS) is 10.4. The maximum atomic E-state index is 4.34. The summed E-state index contributed by atoms with van der Waals surface area (Å²) in [5.41, 5.74) is 1.12. The molecule has 0 unspecified atom stereocenters. The van der Waals surface area contributed by atoms with Crippen molar-refractivity contribution in [2.75, 3.05) is 5.32 Å². The Morgan fingerprint density at radius 2 is 2.19 bits per heavy atom. The first kappa shape index (κ1) is 11.6. The molecular formula is C12H13BrN2S. The van der Waals surface area contributed by atoms with Crippen LogP contribution in [0.5, 0.6) is 0 Å². The molecule has 84 valence electrons. The number of aromatic nitrogens is 1. The van der Waals surface area contributed by atoms with Crippen molar-refractivity contribution in [2.24, 2.45) is 0 Å². The van der Waals surface area contributed by atoms with Crippen molar-refractivity contribution in [3.63, 3.8) is 0 Å². The molecule has 1 N–H and O–H groups in total. The van der Waals surface area contributed by atoms with Crippen LogP contribution in [-0.4, -0.2) is 4.98 Å². The molecule has 0 saturated carbocycles. The molecule has 4 heteroatoms. The number of nitrogens with zero attached hydrogens (tertiary/aromatic N) is 1. The van der Waals surface area contributed by atoms with Crippen molar-refractivity contribution in [3.05, 3.63) is 44.8 Å². The van der Waals surface area contributed by atoms with Crippen molar-refractivity contribution >= 4 is 33.0 Å². The minimum Gasteiger partial charge on any atom is -0.379 e. The number of nitrogens with one attached hydrogen (secondary N) is 1. The number of para-hydroxylation sites is 1. The molecule has 0 bridgehead atoms. The van der Waals surface area contributed by atoms with Crippen LogP contribution in [-0.2, 0) is 13.0 Å². The van der Waals surface area contributed by atoms with Crippen LogP contribution in [0.2, 0.25) is 0 Å². The van der Waals surface area contributed by atoms with Gasteiger partial charge in [-0.3, -0.25) is 0 Å². The molecule has 2 rings (SSSR count). The molecule has 0 fully saturated rings. The van der Waals surface area contributed by atoms with E-state index in [0.29, 0.717) is 0 Å². The fourth-order valence-electron chi connectivity index (χ4n) is 1.38. The Labute approximate surface area is 108 Å². The van der Waals surface area contributed by atoms with Gasteiger partial charge in [0.05, 0.1) is 11.6 Å². The molecule has 1 aromatic carbocycles. The molecule has 2 aromatic rings. The van der Waals surface area contributed by atoms with Crippen molar-refractivity contribution in [1.29, 1.82) is 0 Å². The van der Waals surface area contributed by atoms with Crippen LogP contribution in [0.25, 0.3) is 0 Å².